The number of halogens is 1. The highest BCUT2D eigenvalue weighted by molar-refractivity contribution is 5.99. The van der Waals surface area contributed by atoms with Crippen LogP contribution in [0.2, 0.25) is 0 Å². The van der Waals surface area contributed by atoms with Crippen LogP contribution in [0.1, 0.15) is 43.0 Å². The lowest BCUT2D eigenvalue weighted by molar-refractivity contribution is 0.0680. The minimum atomic E-state index is -0.428. The lowest BCUT2D eigenvalue weighted by Crippen LogP contribution is -2.39. The van der Waals surface area contributed by atoms with Gasteiger partial charge in [0.1, 0.15) is 5.82 Å². The van der Waals surface area contributed by atoms with Crippen molar-refractivity contribution < 1.29 is 9.18 Å². The maximum atomic E-state index is 13.2. The van der Waals surface area contributed by atoms with Gasteiger partial charge in [-0.2, -0.15) is 0 Å². The summed E-state index contributed by atoms with van der Waals surface area (Å²) in [5, 5.41) is 0. The average Bonchev–Trinajstić information content (AvgIpc) is 2.41. The van der Waals surface area contributed by atoms with E-state index in [1.54, 1.807) is 11.9 Å². The van der Waals surface area contributed by atoms with Gasteiger partial charge in [-0.05, 0) is 49.8 Å². The molecule has 1 saturated carbocycles. The Bertz CT molecular complexity index is 467. The Morgan fingerprint density at radius 1 is 1.32 bits per heavy atom. The van der Waals surface area contributed by atoms with Gasteiger partial charge in [0.2, 0.25) is 0 Å². The summed E-state index contributed by atoms with van der Waals surface area (Å²) in [7, 11) is 1.79. The van der Waals surface area contributed by atoms with E-state index in [-0.39, 0.29) is 17.5 Å². The zero-order valence-electron chi connectivity index (χ0n) is 11.5. The summed E-state index contributed by atoms with van der Waals surface area (Å²) in [6.45, 7) is 2.24. The van der Waals surface area contributed by atoms with Gasteiger partial charge in [0.25, 0.3) is 5.91 Å². The topological polar surface area (TPSA) is 46.3 Å². The monoisotopic (exact) mass is 264 g/mol. The molecule has 3 nitrogen and oxygen atoms in total. The molecule has 1 aliphatic rings. The number of amides is 1. The zero-order valence-corrected chi connectivity index (χ0v) is 11.5. The number of hydrogen-bond donors (Lipinski definition) is 1. The zero-order chi connectivity index (χ0) is 14.0. The molecular formula is C15H21FN2O. The van der Waals surface area contributed by atoms with Crippen LogP contribution in [0.3, 0.4) is 0 Å². The van der Waals surface area contributed by atoms with Gasteiger partial charge in [0.05, 0.1) is 5.56 Å². The molecule has 1 aromatic carbocycles. The van der Waals surface area contributed by atoms with Gasteiger partial charge in [-0.15, -0.1) is 0 Å². The van der Waals surface area contributed by atoms with Crippen molar-refractivity contribution in [1.82, 2.24) is 4.90 Å². The van der Waals surface area contributed by atoms with Crippen molar-refractivity contribution in [2.45, 2.75) is 38.6 Å². The molecule has 4 heteroatoms. The number of benzene rings is 1. The highest BCUT2D eigenvalue weighted by Gasteiger charge is 2.26. The lowest BCUT2D eigenvalue weighted by Gasteiger charge is -2.33. The average molecular weight is 264 g/mol. The molecule has 1 aliphatic carbocycles. The van der Waals surface area contributed by atoms with Crippen LogP contribution in [0.5, 0.6) is 0 Å². The standard InChI is InChI=1S/C15H21FN2O/c1-10-3-6-12(7-4-10)18(2)15(19)13-9-11(16)5-8-14(13)17/h5,8-10,12H,3-4,6-7,17H2,1-2H3. The molecule has 104 valence electrons. The van der Waals surface area contributed by atoms with E-state index in [4.69, 9.17) is 5.73 Å². The van der Waals surface area contributed by atoms with E-state index in [1.807, 2.05) is 0 Å². The number of rotatable bonds is 2. The van der Waals surface area contributed by atoms with Gasteiger partial charge in [-0.25, -0.2) is 4.39 Å². The number of carbonyl (C=O) groups excluding carboxylic acids is 1. The first-order chi connectivity index (χ1) is 8.99. The van der Waals surface area contributed by atoms with Crippen LogP contribution in [0, 0.1) is 11.7 Å². The molecule has 0 aromatic heterocycles. The summed E-state index contributed by atoms with van der Waals surface area (Å²) in [5.74, 6) is 0.124. The molecule has 1 fully saturated rings. The molecule has 0 aliphatic heterocycles. The first-order valence-electron chi connectivity index (χ1n) is 6.81. The van der Waals surface area contributed by atoms with Crippen LogP contribution in [0.15, 0.2) is 18.2 Å². The number of hydrogen-bond acceptors (Lipinski definition) is 2. The molecule has 1 amide bonds. The third-order valence-corrected chi connectivity index (χ3v) is 4.10. The third kappa shape index (κ3) is 3.06. The Morgan fingerprint density at radius 3 is 2.58 bits per heavy atom. The number of carbonyl (C=O) groups is 1. The summed E-state index contributed by atoms with van der Waals surface area (Å²) in [5.41, 5.74) is 6.37. The second kappa shape index (κ2) is 5.59. The first kappa shape index (κ1) is 13.8. The van der Waals surface area contributed by atoms with Crippen LogP contribution in [0.4, 0.5) is 10.1 Å². The van der Waals surface area contributed by atoms with E-state index in [2.05, 4.69) is 6.92 Å². The molecular weight excluding hydrogens is 243 g/mol. The second-order valence-corrected chi connectivity index (χ2v) is 5.56. The van der Waals surface area contributed by atoms with E-state index in [1.165, 1.54) is 18.2 Å². The fourth-order valence-electron chi connectivity index (χ4n) is 2.70. The molecule has 2 N–H and O–H groups in total. The SMILES string of the molecule is CC1CCC(N(C)C(=O)c2cc(F)ccc2N)CC1. The van der Waals surface area contributed by atoms with E-state index in [0.717, 1.165) is 31.6 Å². The van der Waals surface area contributed by atoms with Crippen LogP contribution >= 0.6 is 0 Å². The predicted molar refractivity (Wildman–Crippen MR) is 74.3 cm³/mol. The van der Waals surface area contributed by atoms with Crippen LogP contribution in [0.25, 0.3) is 0 Å². The van der Waals surface area contributed by atoms with Crippen molar-refractivity contribution in [2.24, 2.45) is 5.92 Å². The smallest absolute Gasteiger partial charge is 0.256 e. The number of nitrogen functional groups attached to an aromatic ring is 1. The van der Waals surface area contributed by atoms with Crippen LogP contribution in [-0.2, 0) is 0 Å². The summed E-state index contributed by atoms with van der Waals surface area (Å²) in [6, 6.07) is 4.18. The molecule has 0 radical (unpaired) electrons. The summed E-state index contributed by atoms with van der Waals surface area (Å²) in [4.78, 5) is 14.1. The molecule has 19 heavy (non-hydrogen) atoms. The van der Waals surface area contributed by atoms with Gasteiger partial charge < -0.3 is 10.6 Å². The maximum absolute atomic E-state index is 13.2. The Balaban J connectivity index is 2.12. The summed E-state index contributed by atoms with van der Waals surface area (Å²) in [6.07, 6.45) is 4.30. The van der Waals surface area contributed by atoms with Crippen molar-refractivity contribution in [1.29, 1.82) is 0 Å². The summed E-state index contributed by atoms with van der Waals surface area (Å²) >= 11 is 0. The fraction of sp³-hybridized carbons (Fsp3) is 0.533. The third-order valence-electron chi connectivity index (χ3n) is 4.10. The largest absolute Gasteiger partial charge is 0.398 e. The maximum Gasteiger partial charge on any atom is 0.256 e. The molecule has 1 aromatic rings. The van der Waals surface area contributed by atoms with E-state index in [0.29, 0.717) is 5.69 Å². The Labute approximate surface area is 113 Å². The number of nitrogens with zero attached hydrogens (tertiary/aromatic N) is 1. The Hall–Kier alpha value is -1.58. The minimum Gasteiger partial charge on any atom is -0.398 e. The molecule has 0 unspecified atom stereocenters. The van der Waals surface area contributed by atoms with Crippen LogP contribution < -0.4 is 5.73 Å². The van der Waals surface area contributed by atoms with Gasteiger partial charge >= 0.3 is 0 Å². The van der Waals surface area contributed by atoms with E-state index < -0.39 is 5.82 Å². The molecule has 0 bridgehead atoms. The normalized spacial score (nSPS) is 23.1. The predicted octanol–water partition coefficient (Wildman–Crippen LogP) is 3.06. The molecule has 2 rings (SSSR count). The van der Waals surface area contributed by atoms with Gasteiger partial charge in [0, 0.05) is 18.8 Å². The number of nitrogens with two attached hydrogens (primary N) is 1. The molecule has 0 heterocycles. The van der Waals surface area contributed by atoms with E-state index >= 15 is 0 Å². The van der Waals surface area contributed by atoms with Crippen molar-refractivity contribution in [3.63, 3.8) is 0 Å². The highest BCUT2D eigenvalue weighted by Crippen LogP contribution is 2.28. The van der Waals surface area contributed by atoms with Crippen molar-refractivity contribution in [2.75, 3.05) is 12.8 Å². The van der Waals surface area contributed by atoms with Gasteiger partial charge in [-0.3, -0.25) is 4.79 Å². The van der Waals surface area contributed by atoms with E-state index in [9.17, 15) is 9.18 Å². The highest BCUT2D eigenvalue weighted by atomic mass is 19.1. The minimum absolute atomic E-state index is 0.184. The van der Waals surface area contributed by atoms with Gasteiger partial charge in [-0.1, -0.05) is 6.92 Å². The van der Waals surface area contributed by atoms with Crippen LogP contribution in [-0.4, -0.2) is 23.9 Å². The summed E-state index contributed by atoms with van der Waals surface area (Å²) < 4.78 is 13.2. The van der Waals surface area contributed by atoms with Crippen molar-refractivity contribution >= 4 is 11.6 Å². The lowest BCUT2D eigenvalue weighted by atomic mass is 9.86. The Morgan fingerprint density at radius 2 is 1.95 bits per heavy atom. The van der Waals surface area contributed by atoms with Gasteiger partial charge in [0.15, 0.2) is 0 Å². The Kier molecular flexibility index (Phi) is 4.08. The quantitative estimate of drug-likeness (QED) is 0.834. The van der Waals surface area contributed by atoms with Crippen molar-refractivity contribution in [3.8, 4) is 0 Å². The molecule has 0 atom stereocenters. The fourth-order valence-corrected chi connectivity index (χ4v) is 2.70. The molecule has 0 saturated heterocycles. The molecule has 0 spiro atoms. The second-order valence-electron chi connectivity index (χ2n) is 5.56. The number of anilines is 1. The first-order valence-corrected chi connectivity index (χ1v) is 6.81. The van der Waals surface area contributed by atoms with Crippen molar-refractivity contribution in [3.05, 3.63) is 29.6 Å².